The zero-order chi connectivity index (χ0) is 17.9. The first-order valence-electron chi connectivity index (χ1n) is 7.87. The van der Waals surface area contributed by atoms with Gasteiger partial charge in [0.15, 0.2) is 11.5 Å². The van der Waals surface area contributed by atoms with Crippen LogP contribution in [0.1, 0.15) is 20.3 Å². The van der Waals surface area contributed by atoms with Crippen LogP contribution in [0.3, 0.4) is 0 Å². The summed E-state index contributed by atoms with van der Waals surface area (Å²) < 4.78 is 9.91. The first-order chi connectivity index (χ1) is 11.0. The lowest BCUT2D eigenvalue weighted by Crippen LogP contribution is -2.87. The second kappa shape index (κ2) is 4.10. The topological polar surface area (TPSA) is 154 Å². The average molecular weight is 344 g/mol. The number of esters is 2. The van der Waals surface area contributed by atoms with Crippen LogP contribution in [0.2, 0.25) is 0 Å². The average Bonchev–Trinajstić information content (AvgIpc) is 2.64. The summed E-state index contributed by atoms with van der Waals surface area (Å²) >= 11 is 0. The van der Waals surface area contributed by atoms with E-state index in [1.165, 1.54) is 13.8 Å². The van der Waals surface area contributed by atoms with Crippen LogP contribution in [0.4, 0.5) is 0 Å². The molecule has 0 aromatic rings. The van der Waals surface area contributed by atoms with E-state index in [4.69, 9.17) is 9.47 Å². The molecular formula is C15H20O9. The summed E-state index contributed by atoms with van der Waals surface area (Å²) in [7, 11) is 0. The van der Waals surface area contributed by atoms with Crippen molar-refractivity contribution in [2.45, 2.75) is 55.9 Å². The number of cyclic esters (lactones) is 1. The van der Waals surface area contributed by atoms with E-state index < -0.39 is 70.9 Å². The molecule has 4 rings (SSSR count). The smallest absolute Gasteiger partial charge is 0.336 e. The van der Waals surface area contributed by atoms with Gasteiger partial charge in [-0.2, -0.15) is 0 Å². The maximum atomic E-state index is 12.4. The van der Waals surface area contributed by atoms with Gasteiger partial charge in [-0.15, -0.1) is 0 Å². The van der Waals surface area contributed by atoms with Crippen molar-refractivity contribution in [1.82, 2.24) is 0 Å². The molecule has 2 aliphatic heterocycles. The van der Waals surface area contributed by atoms with Crippen LogP contribution in [0.25, 0.3) is 0 Å². The largest absolute Gasteiger partial charge is 0.464 e. The van der Waals surface area contributed by atoms with Gasteiger partial charge in [0.1, 0.15) is 30.0 Å². The highest BCUT2D eigenvalue weighted by Gasteiger charge is 2.90. The van der Waals surface area contributed by atoms with E-state index >= 15 is 0 Å². The SMILES string of the molecule is CC1C(O)C(O)C2(O)C13CC(OC(=O)C3O)C(C)(O)C21COC1=O. The van der Waals surface area contributed by atoms with Crippen LogP contribution in [0.5, 0.6) is 0 Å². The van der Waals surface area contributed by atoms with Crippen LogP contribution in [0, 0.1) is 16.7 Å². The number of rotatable bonds is 0. The Labute approximate surface area is 136 Å². The molecule has 4 aliphatic rings. The normalized spacial score (nSPS) is 61.9. The van der Waals surface area contributed by atoms with Gasteiger partial charge in [-0.05, 0) is 19.3 Å². The number of hydrogen-bond acceptors (Lipinski definition) is 9. The number of aliphatic hydroxyl groups is 5. The molecule has 9 nitrogen and oxygen atoms in total. The first-order valence-corrected chi connectivity index (χ1v) is 7.87. The summed E-state index contributed by atoms with van der Waals surface area (Å²) in [5, 5.41) is 54.1. The lowest BCUT2D eigenvalue weighted by atomic mass is 9.42. The summed E-state index contributed by atoms with van der Waals surface area (Å²) in [6.45, 7) is 2.28. The molecule has 2 spiro atoms. The highest BCUT2D eigenvalue weighted by Crippen LogP contribution is 2.72. The minimum Gasteiger partial charge on any atom is -0.464 e. The van der Waals surface area contributed by atoms with Gasteiger partial charge >= 0.3 is 11.9 Å². The number of fused-ring (bicyclic) bond motifs is 2. The fraction of sp³-hybridized carbons (Fsp3) is 0.867. The molecule has 0 amide bonds. The van der Waals surface area contributed by atoms with Gasteiger partial charge in [0, 0.05) is 5.41 Å². The van der Waals surface area contributed by atoms with Crippen LogP contribution in [-0.2, 0) is 19.1 Å². The van der Waals surface area contributed by atoms with Crippen molar-refractivity contribution in [3.05, 3.63) is 0 Å². The quantitative estimate of drug-likeness (QED) is 0.290. The molecule has 5 N–H and O–H groups in total. The van der Waals surface area contributed by atoms with Crippen molar-refractivity contribution >= 4 is 11.9 Å². The van der Waals surface area contributed by atoms with Crippen molar-refractivity contribution in [3.8, 4) is 0 Å². The number of ether oxygens (including phenoxy) is 2. The Bertz CT molecular complexity index is 647. The number of aliphatic hydroxyl groups excluding tert-OH is 3. The van der Waals surface area contributed by atoms with E-state index in [-0.39, 0.29) is 6.42 Å². The van der Waals surface area contributed by atoms with Gasteiger partial charge in [0.05, 0.1) is 6.10 Å². The van der Waals surface area contributed by atoms with Crippen molar-refractivity contribution < 1.29 is 44.6 Å². The van der Waals surface area contributed by atoms with E-state index in [1.807, 2.05) is 0 Å². The third kappa shape index (κ3) is 1.18. The number of carbonyl (C=O) groups excluding carboxylic acids is 2. The van der Waals surface area contributed by atoms with Crippen LogP contribution < -0.4 is 0 Å². The fourth-order valence-corrected chi connectivity index (χ4v) is 5.64. The van der Waals surface area contributed by atoms with Crippen LogP contribution in [0.15, 0.2) is 0 Å². The Morgan fingerprint density at radius 2 is 1.79 bits per heavy atom. The molecule has 24 heavy (non-hydrogen) atoms. The number of carbonyl (C=O) groups is 2. The summed E-state index contributed by atoms with van der Waals surface area (Å²) in [5.41, 5.74) is -8.25. The van der Waals surface area contributed by atoms with E-state index in [0.717, 1.165) is 0 Å². The van der Waals surface area contributed by atoms with E-state index in [1.54, 1.807) is 0 Å². The summed E-state index contributed by atoms with van der Waals surface area (Å²) in [4.78, 5) is 24.5. The molecule has 2 saturated carbocycles. The monoisotopic (exact) mass is 344 g/mol. The molecule has 9 heteroatoms. The second-order valence-electron chi connectivity index (χ2n) is 7.69. The van der Waals surface area contributed by atoms with Gasteiger partial charge in [-0.1, -0.05) is 6.92 Å². The molecule has 9 atom stereocenters. The van der Waals surface area contributed by atoms with E-state index in [0.29, 0.717) is 0 Å². The minimum atomic E-state index is -2.45. The molecular weight excluding hydrogens is 324 g/mol. The summed E-state index contributed by atoms with van der Waals surface area (Å²) in [6.07, 6.45) is -6.61. The maximum absolute atomic E-state index is 12.4. The Morgan fingerprint density at radius 3 is 2.29 bits per heavy atom. The first kappa shape index (κ1) is 16.2. The molecule has 134 valence electrons. The zero-order valence-corrected chi connectivity index (χ0v) is 13.2. The molecule has 0 aromatic heterocycles. The molecule has 9 unspecified atom stereocenters. The number of hydrogen-bond donors (Lipinski definition) is 5. The molecule has 2 aliphatic carbocycles. The Morgan fingerprint density at radius 1 is 1.17 bits per heavy atom. The highest BCUT2D eigenvalue weighted by atomic mass is 16.6. The summed E-state index contributed by atoms with van der Waals surface area (Å²) in [5.74, 6) is -2.96. The predicted molar refractivity (Wildman–Crippen MR) is 73.1 cm³/mol. The van der Waals surface area contributed by atoms with Crippen molar-refractivity contribution in [2.24, 2.45) is 16.7 Å². The predicted octanol–water partition coefficient (Wildman–Crippen LogP) is -2.94. The van der Waals surface area contributed by atoms with E-state index in [2.05, 4.69) is 0 Å². The minimum absolute atomic E-state index is 0.201. The molecule has 0 aromatic carbocycles. The van der Waals surface area contributed by atoms with Gasteiger partial charge in [-0.25, -0.2) is 4.79 Å². The molecule has 2 heterocycles. The van der Waals surface area contributed by atoms with Gasteiger partial charge < -0.3 is 35.0 Å². The zero-order valence-electron chi connectivity index (χ0n) is 13.2. The Kier molecular flexibility index (Phi) is 2.77. The second-order valence-corrected chi connectivity index (χ2v) is 7.69. The van der Waals surface area contributed by atoms with Crippen molar-refractivity contribution in [3.63, 3.8) is 0 Å². The van der Waals surface area contributed by atoms with Gasteiger partial charge in [0.2, 0.25) is 0 Å². The lowest BCUT2D eigenvalue weighted by molar-refractivity contribution is -0.371. The summed E-state index contributed by atoms with van der Waals surface area (Å²) in [6, 6.07) is 0. The van der Waals surface area contributed by atoms with Gasteiger partial charge in [0.25, 0.3) is 0 Å². The van der Waals surface area contributed by atoms with Crippen molar-refractivity contribution in [1.29, 1.82) is 0 Å². The molecule has 2 saturated heterocycles. The standard InChI is InChI=1S/C15H20O9/c1-5-7(16)8(17)15(22)13(5)3-6(24-10(19)9(13)18)12(2,21)14(15)4-23-11(14)20/h5-9,16-18,21-22H,3-4H2,1-2H3. The molecule has 0 radical (unpaired) electrons. The molecule has 2 bridgehead atoms. The maximum Gasteiger partial charge on any atom is 0.336 e. The Balaban J connectivity index is 2.06. The van der Waals surface area contributed by atoms with Crippen LogP contribution >= 0.6 is 0 Å². The fourth-order valence-electron chi connectivity index (χ4n) is 5.64. The highest BCUT2D eigenvalue weighted by molar-refractivity contribution is 5.88. The third-order valence-corrected chi connectivity index (χ3v) is 7.19. The Hall–Kier alpha value is -1.26. The van der Waals surface area contributed by atoms with Gasteiger partial charge in [-0.3, -0.25) is 4.79 Å². The third-order valence-electron chi connectivity index (χ3n) is 7.19. The van der Waals surface area contributed by atoms with Crippen LogP contribution in [-0.4, -0.2) is 79.7 Å². The molecule has 4 fully saturated rings. The van der Waals surface area contributed by atoms with Crippen molar-refractivity contribution in [2.75, 3.05) is 6.61 Å². The lowest BCUT2D eigenvalue weighted by Gasteiger charge is -2.69. The van der Waals surface area contributed by atoms with E-state index in [9.17, 15) is 35.1 Å².